The van der Waals surface area contributed by atoms with Crippen molar-refractivity contribution in [3.05, 3.63) is 60.6 Å². The largest absolute Gasteiger partial charge is 0.325 e. The monoisotopic (exact) mass is 267 g/mol. The minimum Gasteiger partial charge on any atom is -0.325 e. The third-order valence-electron chi connectivity index (χ3n) is 2.86. The predicted octanol–water partition coefficient (Wildman–Crippen LogP) is 3.24. The van der Waals surface area contributed by atoms with E-state index in [1.165, 1.54) is 10.8 Å². The van der Waals surface area contributed by atoms with E-state index in [2.05, 4.69) is 40.3 Å². The summed E-state index contributed by atoms with van der Waals surface area (Å²) in [6, 6.07) is 14.7. The van der Waals surface area contributed by atoms with Gasteiger partial charge in [0.2, 0.25) is 0 Å². The maximum absolute atomic E-state index is 5.68. The smallest absolute Gasteiger partial charge is 0.124 e. The second-order valence-electron chi connectivity index (χ2n) is 4.12. The van der Waals surface area contributed by atoms with Crippen molar-refractivity contribution in [1.82, 2.24) is 9.97 Å². The summed E-state index contributed by atoms with van der Waals surface area (Å²) in [5.74, 6) is 0. The molecule has 2 N–H and O–H groups in total. The van der Waals surface area contributed by atoms with Crippen LogP contribution in [0.15, 0.2) is 64.8 Å². The van der Waals surface area contributed by atoms with Gasteiger partial charge in [0, 0.05) is 23.8 Å². The normalized spacial score (nSPS) is 10.8. The Morgan fingerprint density at radius 3 is 2.58 bits per heavy atom. The maximum Gasteiger partial charge on any atom is 0.124 e. The number of nitrogens with two attached hydrogens (primary N) is 1. The first-order valence-electron chi connectivity index (χ1n) is 6.03. The summed E-state index contributed by atoms with van der Waals surface area (Å²) in [4.78, 5) is 9.74. The molecule has 3 rings (SSSR count). The van der Waals surface area contributed by atoms with Gasteiger partial charge in [-0.05, 0) is 22.9 Å². The van der Waals surface area contributed by atoms with E-state index in [0.717, 1.165) is 15.6 Å². The van der Waals surface area contributed by atoms with Gasteiger partial charge in [0.1, 0.15) is 5.03 Å². The lowest BCUT2D eigenvalue weighted by molar-refractivity contribution is 0.886. The van der Waals surface area contributed by atoms with Crippen LogP contribution in [-0.2, 0) is 6.54 Å². The number of rotatable bonds is 3. The van der Waals surface area contributed by atoms with Crippen LogP contribution in [0.2, 0.25) is 0 Å². The van der Waals surface area contributed by atoms with E-state index in [1.807, 2.05) is 12.1 Å². The molecule has 0 bridgehead atoms. The van der Waals surface area contributed by atoms with Gasteiger partial charge in [-0.3, -0.25) is 4.98 Å². The molecule has 94 valence electrons. The van der Waals surface area contributed by atoms with Crippen molar-refractivity contribution in [2.45, 2.75) is 16.5 Å². The minimum atomic E-state index is 0.407. The summed E-state index contributed by atoms with van der Waals surface area (Å²) < 4.78 is 0. The molecule has 0 saturated heterocycles. The molecule has 0 spiro atoms. The summed E-state index contributed by atoms with van der Waals surface area (Å²) in [6.45, 7) is 0.407. The van der Waals surface area contributed by atoms with E-state index in [1.54, 1.807) is 24.2 Å². The molecule has 0 amide bonds. The van der Waals surface area contributed by atoms with Gasteiger partial charge in [0.05, 0.1) is 5.69 Å². The Morgan fingerprint density at radius 2 is 1.74 bits per heavy atom. The molecule has 0 atom stereocenters. The van der Waals surface area contributed by atoms with Crippen molar-refractivity contribution in [2.75, 3.05) is 0 Å². The molecule has 1 aromatic heterocycles. The molecule has 0 aliphatic heterocycles. The lowest BCUT2D eigenvalue weighted by Crippen LogP contribution is -2.02. The Labute approximate surface area is 115 Å². The number of aromatic nitrogens is 2. The number of hydrogen-bond acceptors (Lipinski definition) is 4. The molecule has 0 unspecified atom stereocenters. The van der Waals surface area contributed by atoms with Crippen LogP contribution in [0.4, 0.5) is 0 Å². The molecule has 2 aromatic carbocycles. The molecule has 3 aromatic rings. The van der Waals surface area contributed by atoms with Gasteiger partial charge in [0.25, 0.3) is 0 Å². The summed E-state index contributed by atoms with van der Waals surface area (Å²) in [6.07, 6.45) is 3.37. The molecule has 4 heteroatoms. The lowest BCUT2D eigenvalue weighted by atomic mass is 10.1. The average Bonchev–Trinajstić information content (AvgIpc) is 2.48. The number of nitrogens with zero attached hydrogens (tertiary/aromatic N) is 2. The van der Waals surface area contributed by atoms with E-state index in [-0.39, 0.29) is 0 Å². The van der Waals surface area contributed by atoms with E-state index >= 15 is 0 Å². The summed E-state index contributed by atoms with van der Waals surface area (Å²) in [7, 11) is 0. The van der Waals surface area contributed by atoms with Crippen LogP contribution >= 0.6 is 11.8 Å². The highest BCUT2D eigenvalue weighted by Gasteiger charge is 2.06. The van der Waals surface area contributed by atoms with Crippen molar-refractivity contribution < 1.29 is 0 Å². The standard InChI is InChI=1S/C15H13N3S/c16-10-14-15(18-8-7-17-14)19-13-6-5-11-3-1-2-4-12(11)9-13/h1-9H,10,16H2. The average molecular weight is 267 g/mol. The lowest BCUT2D eigenvalue weighted by Gasteiger charge is -2.06. The highest BCUT2D eigenvalue weighted by atomic mass is 32.2. The van der Waals surface area contributed by atoms with Gasteiger partial charge in [0.15, 0.2) is 0 Å². The fourth-order valence-corrected chi connectivity index (χ4v) is 2.83. The van der Waals surface area contributed by atoms with Gasteiger partial charge >= 0.3 is 0 Å². The van der Waals surface area contributed by atoms with Gasteiger partial charge in [-0.1, -0.05) is 42.1 Å². The van der Waals surface area contributed by atoms with Gasteiger partial charge < -0.3 is 5.73 Å². The molecule has 1 heterocycles. The summed E-state index contributed by atoms with van der Waals surface area (Å²) in [5, 5.41) is 3.34. The predicted molar refractivity (Wildman–Crippen MR) is 78.0 cm³/mol. The quantitative estimate of drug-likeness (QED) is 0.791. The number of benzene rings is 2. The van der Waals surface area contributed by atoms with E-state index in [0.29, 0.717) is 6.54 Å². The van der Waals surface area contributed by atoms with Crippen LogP contribution in [-0.4, -0.2) is 9.97 Å². The van der Waals surface area contributed by atoms with Crippen LogP contribution in [0.1, 0.15) is 5.69 Å². The minimum absolute atomic E-state index is 0.407. The maximum atomic E-state index is 5.68. The Kier molecular flexibility index (Phi) is 3.44. The molecular weight excluding hydrogens is 254 g/mol. The molecule has 0 fully saturated rings. The molecule has 0 saturated carbocycles. The molecule has 19 heavy (non-hydrogen) atoms. The molecule has 3 nitrogen and oxygen atoms in total. The summed E-state index contributed by atoms with van der Waals surface area (Å²) in [5.41, 5.74) is 6.51. The Bertz CT molecular complexity index is 712. The Hall–Kier alpha value is -1.91. The van der Waals surface area contributed by atoms with E-state index in [9.17, 15) is 0 Å². The number of fused-ring (bicyclic) bond motifs is 1. The van der Waals surface area contributed by atoms with Crippen LogP contribution < -0.4 is 5.73 Å². The first-order chi connectivity index (χ1) is 9.36. The molecule has 0 aliphatic rings. The van der Waals surface area contributed by atoms with E-state index < -0.39 is 0 Å². The molecule has 0 aliphatic carbocycles. The van der Waals surface area contributed by atoms with Crippen LogP contribution in [0.5, 0.6) is 0 Å². The zero-order chi connectivity index (χ0) is 13.1. The topological polar surface area (TPSA) is 51.8 Å². The zero-order valence-electron chi connectivity index (χ0n) is 10.3. The van der Waals surface area contributed by atoms with Gasteiger partial charge in [-0.15, -0.1) is 0 Å². The Morgan fingerprint density at radius 1 is 0.947 bits per heavy atom. The first kappa shape index (κ1) is 12.1. The van der Waals surface area contributed by atoms with Crippen molar-refractivity contribution in [2.24, 2.45) is 5.73 Å². The van der Waals surface area contributed by atoms with Crippen LogP contribution in [0, 0.1) is 0 Å². The second kappa shape index (κ2) is 5.38. The van der Waals surface area contributed by atoms with Crippen molar-refractivity contribution >= 4 is 22.5 Å². The molecular formula is C15H13N3S. The first-order valence-corrected chi connectivity index (χ1v) is 6.85. The fourth-order valence-electron chi connectivity index (χ4n) is 1.92. The van der Waals surface area contributed by atoms with Gasteiger partial charge in [-0.25, -0.2) is 4.98 Å². The molecule has 0 radical (unpaired) electrons. The number of hydrogen-bond donors (Lipinski definition) is 1. The van der Waals surface area contributed by atoms with Crippen molar-refractivity contribution in [3.8, 4) is 0 Å². The summed E-state index contributed by atoms with van der Waals surface area (Å²) >= 11 is 1.60. The van der Waals surface area contributed by atoms with Gasteiger partial charge in [-0.2, -0.15) is 0 Å². The van der Waals surface area contributed by atoms with E-state index in [4.69, 9.17) is 5.73 Å². The second-order valence-corrected chi connectivity index (χ2v) is 5.19. The van der Waals surface area contributed by atoms with Crippen LogP contribution in [0.25, 0.3) is 10.8 Å². The third kappa shape index (κ3) is 2.59. The Balaban J connectivity index is 1.96. The highest BCUT2D eigenvalue weighted by molar-refractivity contribution is 7.99. The highest BCUT2D eigenvalue weighted by Crippen LogP contribution is 2.30. The zero-order valence-corrected chi connectivity index (χ0v) is 11.1. The van der Waals surface area contributed by atoms with Crippen LogP contribution in [0.3, 0.4) is 0 Å². The van der Waals surface area contributed by atoms with Crippen molar-refractivity contribution in [1.29, 1.82) is 0 Å². The van der Waals surface area contributed by atoms with Crippen molar-refractivity contribution in [3.63, 3.8) is 0 Å². The SMILES string of the molecule is NCc1nccnc1Sc1ccc2ccccc2c1. The fraction of sp³-hybridized carbons (Fsp3) is 0.0667. The third-order valence-corrected chi connectivity index (χ3v) is 3.89.